The number of carbonyl (C=O) groups excluding carboxylic acids is 1. The van der Waals surface area contributed by atoms with Gasteiger partial charge in [-0.3, -0.25) is 9.00 Å². The van der Waals surface area contributed by atoms with Crippen molar-refractivity contribution < 1.29 is 22.2 Å². The van der Waals surface area contributed by atoms with E-state index in [0.29, 0.717) is 15.2 Å². The maximum atomic E-state index is 14.3. The normalized spacial score (nSPS) is 14.9. The second-order valence-electron chi connectivity index (χ2n) is 6.72. The van der Waals surface area contributed by atoms with Gasteiger partial charge in [0.1, 0.15) is 11.3 Å². The van der Waals surface area contributed by atoms with Crippen LogP contribution in [0.3, 0.4) is 0 Å². The first-order valence-electron chi connectivity index (χ1n) is 8.63. The fourth-order valence-corrected chi connectivity index (χ4v) is 3.47. The highest BCUT2D eigenvalue weighted by Crippen LogP contribution is 2.33. The Kier molecular flexibility index (Phi) is 5.74. The second-order valence-corrected chi connectivity index (χ2v) is 8.10. The predicted molar refractivity (Wildman–Crippen MR) is 100.0 cm³/mol. The van der Waals surface area contributed by atoms with E-state index in [9.17, 15) is 22.2 Å². The van der Waals surface area contributed by atoms with E-state index in [2.05, 4.69) is 11.7 Å². The molecule has 1 atom stereocenters. The average Bonchev–Trinajstić information content (AvgIpc) is 3.45. The van der Waals surface area contributed by atoms with E-state index in [1.54, 1.807) is 30.5 Å². The van der Waals surface area contributed by atoms with Gasteiger partial charge in [-0.1, -0.05) is 18.7 Å². The van der Waals surface area contributed by atoms with Crippen LogP contribution >= 0.6 is 0 Å². The van der Waals surface area contributed by atoms with Crippen LogP contribution in [0.15, 0.2) is 35.7 Å². The topological polar surface area (TPSA) is 55.2 Å². The summed E-state index contributed by atoms with van der Waals surface area (Å²) >= 11 is 0. The van der Waals surface area contributed by atoms with Crippen LogP contribution < -0.4 is 0 Å². The SMILES string of the molecule is C=C(CN(C(=O)c1c(C(F)F)nn(C)c1F)C1CC1)c1ccc(S(C)=O)cc1. The van der Waals surface area contributed by atoms with E-state index in [1.165, 1.54) is 11.9 Å². The lowest BCUT2D eigenvalue weighted by Crippen LogP contribution is -2.35. The predicted octanol–water partition coefficient (Wildman–Crippen LogP) is 3.55. The summed E-state index contributed by atoms with van der Waals surface area (Å²) in [7, 11) is 0.0637. The third-order valence-corrected chi connectivity index (χ3v) is 5.57. The Morgan fingerprint density at radius 3 is 2.46 bits per heavy atom. The molecular weight excluding hydrogens is 391 g/mol. The molecule has 0 radical (unpaired) electrons. The standard InChI is InChI=1S/C19H20F3N3O2S/c1-11(12-4-8-14(9-5-12)28(3)27)10-25(13-6-7-13)19(26)15-16(17(20)21)23-24(2)18(15)22/h4-5,8-9,13,17H,1,6-7,10H2,2-3H3. The molecule has 1 aliphatic rings. The van der Waals surface area contributed by atoms with Gasteiger partial charge in [0.05, 0.1) is 0 Å². The van der Waals surface area contributed by atoms with Crippen molar-refractivity contribution in [2.24, 2.45) is 7.05 Å². The Balaban J connectivity index is 1.86. The molecule has 150 valence electrons. The van der Waals surface area contributed by atoms with Crippen LogP contribution in [0.5, 0.6) is 0 Å². The Morgan fingerprint density at radius 1 is 1.36 bits per heavy atom. The molecule has 0 bridgehead atoms. The number of halogens is 3. The molecule has 2 aromatic rings. The van der Waals surface area contributed by atoms with Crippen molar-refractivity contribution in [2.75, 3.05) is 12.8 Å². The zero-order chi connectivity index (χ0) is 20.6. The number of aryl methyl sites for hydroxylation is 1. The quantitative estimate of drug-likeness (QED) is 0.700. The number of hydrogen-bond acceptors (Lipinski definition) is 3. The van der Waals surface area contributed by atoms with E-state index < -0.39 is 40.3 Å². The summed E-state index contributed by atoms with van der Waals surface area (Å²) in [6.07, 6.45) is -0.0427. The van der Waals surface area contributed by atoms with Crippen LogP contribution in [0.25, 0.3) is 5.57 Å². The summed E-state index contributed by atoms with van der Waals surface area (Å²) in [6.45, 7) is 4.06. The van der Waals surface area contributed by atoms with Crippen molar-refractivity contribution in [2.45, 2.75) is 30.2 Å². The minimum atomic E-state index is -3.05. The lowest BCUT2D eigenvalue weighted by molar-refractivity contribution is 0.0747. The number of aromatic nitrogens is 2. The van der Waals surface area contributed by atoms with Gasteiger partial charge in [-0.15, -0.1) is 0 Å². The number of benzene rings is 1. The first-order valence-corrected chi connectivity index (χ1v) is 10.2. The highest BCUT2D eigenvalue weighted by Gasteiger charge is 2.38. The van der Waals surface area contributed by atoms with Crippen LogP contribution in [-0.4, -0.2) is 43.6 Å². The third kappa shape index (κ3) is 4.04. The summed E-state index contributed by atoms with van der Waals surface area (Å²) in [5, 5.41) is 3.45. The number of nitrogens with zero attached hydrogens (tertiary/aromatic N) is 3. The number of amides is 1. The molecule has 1 saturated carbocycles. The number of alkyl halides is 2. The van der Waals surface area contributed by atoms with Crippen molar-refractivity contribution in [3.63, 3.8) is 0 Å². The molecule has 1 aromatic carbocycles. The summed E-state index contributed by atoms with van der Waals surface area (Å²) < 4.78 is 52.9. The molecule has 5 nitrogen and oxygen atoms in total. The molecule has 0 aliphatic heterocycles. The minimum Gasteiger partial charge on any atom is -0.331 e. The van der Waals surface area contributed by atoms with Crippen LogP contribution in [-0.2, 0) is 17.8 Å². The minimum absolute atomic E-state index is 0.0784. The summed E-state index contributed by atoms with van der Waals surface area (Å²) in [5.74, 6) is -1.89. The molecule has 0 saturated heterocycles. The molecule has 1 aliphatic carbocycles. The molecule has 1 amide bonds. The number of rotatable bonds is 7. The smallest absolute Gasteiger partial charge is 0.283 e. The van der Waals surface area contributed by atoms with E-state index in [-0.39, 0.29) is 12.6 Å². The van der Waals surface area contributed by atoms with Crippen molar-refractivity contribution in [1.29, 1.82) is 0 Å². The van der Waals surface area contributed by atoms with E-state index in [0.717, 1.165) is 18.4 Å². The number of carbonyl (C=O) groups is 1. The van der Waals surface area contributed by atoms with Crippen LogP contribution in [0.1, 0.15) is 40.9 Å². The molecule has 3 rings (SSSR count). The Labute approximate surface area is 163 Å². The lowest BCUT2D eigenvalue weighted by atomic mass is 10.1. The van der Waals surface area contributed by atoms with Crippen molar-refractivity contribution in [1.82, 2.24) is 14.7 Å². The highest BCUT2D eigenvalue weighted by molar-refractivity contribution is 7.84. The summed E-state index contributed by atoms with van der Waals surface area (Å²) in [4.78, 5) is 14.9. The highest BCUT2D eigenvalue weighted by atomic mass is 32.2. The monoisotopic (exact) mass is 411 g/mol. The Bertz CT molecular complexity index is 937. The maximum absolute atomic E-state index is 14.3. The summed E-state index contributed by atoms with van der Waals surface area (Å²) in [6, 6.07) is 6.75. The van der Waals surface area contributed by atoms with E-state index in [4.69, 9.17) is 0 Å². The Morgan fingerprint density at radius 2 is 1.96 bits per heavy atom. The van der Waals surface area contributed by atoms with Gasteiger partial charge >= 0.3 is 0 Å². The van der Waals surface area contributed by atoms with Crippen molar-refractivity contribution >= 4 is 22.3 Å². The van der Waals surface area contributed by atoms with Gasteiger partial charge < -0.3 is 4.90 Å². The second kappa shape index (κ2) is 7.90. The fraction of sp³-hybridized carbons (Fsp3) is 0.368. The molecule has 9 heteroatoms. The van der Waals surface area contributed by atoms with Gasteiger partial charge in [0.15, 0.2) is 0 Å². The van der Waals surface area contributed by atoms with Gasteiger partial charge in [0.25, 0.3) is 12.3 Å². The van der Waals surface area contributed by atoms with Gasteiger partial charge in [-0.2, -0.15) is 9.49 Å². The molecule has 1 aromatic heterocycles. The van der Waals surface area contributed by atoms with Crippen molar-refractivity contribution in [3.05, 3.63) is 53.6 Å². The molecule has 1 fully saturated rings. The summed E-state index contributed by atoms with van der Waals surface area (Å²) in [5.41, 5.74) is -0.227. The van der Waals surface area contributed by atoms with Gasteiger partial charge in [0.2, 0.25) is 5.95 Å². The van der Waals surface area contributed by atoms with Gasteiger partial charge in [0, 0.05) is 41.6 Å². The van der Waals surface area contributed by atoms with Crippen LogP contribution in [0, 0.1) is 5.95 Å². The van der Waals surface area contributed by atoms with E-state index in [1.807, 2.05) is 0 Å². The zero-order valence-electron chi connectivity index (χ0n) is 15.5. The van der Waals surface area contributed by atoms with E-state index >= 15 is 0 Å². The molecule has 28 heavy (non-hydrogen) atoms. The molecule has 0 spiro atoms. The molecule has 1 heterocycles. The maximum Gasteiger partial charge on any atom is 0.283 e. The molecule has 1 unspecified atom stereocenters. The molecule has 0 N–H and O–H groups in total. The third-order valence-electron chi connectivity index (χ3n) is 4.63. The average molecular weight is 411 g/mol. The first kappa shape index (κ1) is 20.3. The van der Waals surface area contributed by atoms with Gasteiger partial charge in [-0.05, 0) is 36.1 Å². The zero-order valence-corrected chi connectivity index (χ0v) is 16.3. The number of hydrogen-bond donors (Lipinski definition) is 0. The Hall–Kier alpha value is -2.42. The van der Waals surface area contributed by atoms with Crippen molar-refractivity contribution in [3.8, 4) is 0 Å². The van der Waals surface area contributed by atoms with Crippen LogP contribution in [0.2, 0.25) is 0 Å². The molecular formula is C19H20F3N3O2S. The van der Waals surface area contributed by atoms with Crippen LogP contribution in [0.4, 0.5) is 13.2 Å². The van der Waals surface area contributed by atoms with Gasteiger partial charge in [-0.25, -0.2) is 13.5 Å². The fourth-order valence-electron chi connectivity index (χ4n) is 2.95. The lowest BCUT2D eigenvalue weighted by Gasteiger charge is -2.24. The first-order chi connectivity index (χ1) is 13.2. The largest absolute Gasteiger partial charge is 0.331 e.